The van der Waals surface area contributed by atoms with Crippen molar-refractivity contribution in [1.29, 1.82) is 0 Å². The molecule has 4 heterocycles. The van der Waals surface area contributed by atoms with Gasteiger partial charge in [-0.1, -0.05) is 5.16 Å². The van der Waals surface area contributed by atoms with Crippen LogP contribution < -0.4 is 5.32 Å². The number of nitrogens with zero attached hydrogens (tertiary/aromatic N) is 4. The fraction of sp³-hybridized carbons (Fsp3) is 0.471. The summed E-state index contributed by atoms with van der Waals surface area (Å²) in [6.07, 6.45) is 4.41. The fourth-order valence-electron chi connectivity index (χ4n) is 3.46. The molecule has 0 spiro atoms. The third-order valence-corrected chi connectivity index (χ3v) is 4.81. The molecule has 1 atom stereocenters. The Balaban J connectivity index is 1.42. The monoisotopic (exact) mass is 327 g/mol. The summed E-state index contributed by atoms with van der Waals surface area (Å²) in [7, 11) is 0. The van der Waals surface area contributed by atoms with Gasteiger partial charge < -0.3 is 14.7 Å². The van der Waals surface area contributed by atoms with E-state index in [9.17, 15) is 4.79 Å². The molecule has 126 valence electrons. The van der Waals surface area contributed by atoms with E-state index in [0.29, 0.717) is 17.5 Å². The molecule has 0 aromatic carbocycles. The smallest absolute Gasteiger partial charge is 0.276 e. The minimum Gasteiger partial charge on any atom is -0.355 e. The summed E-state index contributed by atoms with van der Waals surface area (Å²) in [4.78, 5) is 21.0. The highest BCUT2D eigenvalue weighted by atomic mass is 16.5. The summed E-state index contributed by atoms with van der Waals surface area (Å²) in [5.41, 5.74) is 1.25. The second kappa shape index (κ2) is 6.70. The van der Waals surface area contributed by atoms with Crippen LogP contribution in [0.25, 0.3) is 11.3 Å². The van der Waals surface area contributed by atoms with Gasteiger partial charge in [0.1, 0.15) is 0 Å². The minimum absolute atomic E-state index is 0.0447. The summed E-state index contributed by atoms with van der Waals surface area (Å²) in [6.45, 7) is 5.74. The van der Waals surface area contributed by atoms with Gasteiger partial charge >= 0.3 is 0 Å². The number of nitrogens with one attached hydrogen (secondary N) is 1. The molecule has 2 aromatic rings. The van der Waals surface area contributed by atoms with E-state index in [0.717, 1.165) is 51.3 Å². The van der Waals surface area contributed by atoms with E-state index in [2.05, 4.69) is 20.4 Å². The molecule has 0 saturated carbocycles. The molecule has 2 aliphatic rings. The lowest BCUT2D eigenvalue weighted by molar-refractivity contribution is 0.0763. The molecule has 2 saturated heterocycles. The third-order valence-electron chi connectivity index (χ3n) is 4.81. The van der Waals surface area contributed by atoms with Gasteiger partial charge in [0, 0.05) is 69.3 Å². The molecule has 2 fully saturated rings. The van der Waals surface area contributed by atoms with Crippen molar-refractivity contribution in [3.8, 4) is 11.3 Å². The van der Waals surface area contributed by atoms with Gasteiger partial charge in [-0.25, -0.2) is 0 Å². The zero-order chi connectivity index (χ0) is 16.4. The first-order valence-corrected chi connectivity index (χ1v) is 8.42. The van der Waals surface area contributed by atoms with Crippen LogP contribution in [0, 0.1) is 0 Å². The lowest BCUT2D eigenvalue weighted by Crippen LogP contribution is -2.49. The first kappa shape index (κ1) is 15.3. The number of rotatable bonds is 3. The van der Waals surface area contributed by atoms with E-state index in [1.54, 1.807) is 18.5 Å². The first-order chi connectivity index (χ1) is 11.8. The molecule has 1 unspecified atom stereocenters. The maximum Gasteiger partial charge on any atom is 0.276 e. The Hall–Kier alpha value is -2.25. The van der Waals surface area contributed by atoms with Gasteiger partial charge in [-0.05, 0) is 18.6 Å². The Bertz CT molecular complexity index is 696. The molecule has 0 radical (unpaired) electrons. The maximum absolute atomic E-state index is 12.7. The number of carbonyl (C=O) groups excluding carboxylic acids is 1. The van der Waals surface area contributed by atoms with Crippen molar-refractivity contribution in [2.24, 2.45) is 0 Å². The largest absolute Gasteiger partial charge is 0.355 e. The van der Waals surface area contributed by atoms with Crippen LogP contribution in [-0.2, 0) is 0 Å². The van der Waals surface area contributed by atoms with Gasteiger partial charge in [0.15, 0.2) is 11.5 Å². The molecule has 7 heteroatoms. The molecule has 1 amide bonds. The molecule has 2 aliphatic heterocycles. The van der Waals surface area contributed by atoms with Crippen LogP contribution in [0.1, 0.15) is 16.9 Å². The lowest BCUT2D eigenvalue weighted by Gasteiger charge is -2.32. The summed E-state index contributed by atoms with van der Waals surface area (Å²) in [5, 5.41) is 7.33. The Morgan fingerprint density at radius 2 is 2.00 bits per heavy atom. The van der Waals surface area contributed by atoms with Crippen LogP contribution in [0.4, 0.5) is 0 Å². The van der Waals surface area contributed by atoms with Crippen molar-refractivity contribution >= 4 is 5.91 Å². The van der Waals surface area contributed by atoms with Crippen molar-refractivity contribution in [3.05, 3.63) is 36.3 Å². The van der Waals surface area contributed by atoms with Gasteiger partial charge in [0.05, 0.1) is 0 Å². The Morgan fingerprint density at radius 1 is 1.21 bits per heavy atom. The van der Waals surface area contributed by atoms with Crippen LogP contribution in [0.3, 0.4) is 0 Å². The summed E-state index contributed by atoms with van der Waals surface area (Å²) < 4.78 is 5.33. The van der Waals surface area contributed by atoms with Gasteiger partial charge in [-0.2, -0.15) is 0 Å². The number of pyridine rings is 1. The summed E-state index contributed by atoms with van der Waals surface area (Å²) in [5.74, 6) is 0.551. The Labute approximate surface area is 140 Å². The van der Waals surface area contributed by atoms with E-state index < -0.39 is 0 Å². The van der Waals surface area contributed by atoms with Crippen molar-refractivity contribution < 1.29 is 9.32 Å². The Morgan fingerprint density at radius 3 is 2.79 bits per heavy atom. The molecule has 0 bridgehead atoms. The highest BCUT2D eigenvalue weighted by molar-refractivity contribution is 5.93. The van der Waals surface area contributed by atoms with Gasteiger partial charge in [-0.3, -0.25) is 14.7 Å². The van der Waals surface area contributed by atoms with E-state index in [1.165, 1.54) is 0 Å². The normalized spacial score (nSPS) is 22.0. The number of likely N-dealkylation sites (tertiary alicyclic amines) is 1. The van der Waals surface area contributed by atoms with Crippen LogP contribution in [-0.4, -0.2) is 71.2 Å². The van der Waals surface area contributed by atoms with Crippen molar-refractivity contribution in [2.75, 3.05) is 39.3 Å². The molecule has 7 nitrogen and oxygen atoms in total. The molecular formula is C17H21N5O2. The molecule has 0 aliphatic carbocycles. The van der Waals surface area contributed by atoms with E-state index in [1.807, 2.05) is 17.0 Å². The summed E-state index contributed by atoms with van der Waals surface area (Å²) in [6, 6.07) is 5.86. The zero-order valence-electron chi connectivity index (χ0n) is 13.5. The van der Waals surface area contributed by atoms with Crippen LogP contribution in [0.5, 0.6) is 0 Å². The molecular weight excluding hydrogens is 306 g/mol. The number of piperazine rings is 1. The van der Waals surface area contributed by atoms with Gasteiger partial charge in [0.2, 0.25) is 0 Å². The molecule has 4 rings (SSSR count). The standard InChI is InChI=1S/C17H21N5O2/c23-17(15-11-16(24-20-15)13-1-4-18-5-2-13)22-8-3-14(12-22)21-9-6-19-7-10-21/h1-2,4-5,11,14,19H,3,6-10,12H2. The third kappa shape index (κ3) is 3.05. The van der Waals surface area contributed by atoms with Crippen molar-refractivity contribution in [3.63, 3.8) is 0 Å². The van der Waals surface area contributed by atoms with Crippen molar-refractivity contribution in [2.45, 2.75) is 12.5 Å². The zero-order valence-corrected chi connectivity index (χ0v) is 13.5. The van der Waals surface area contributed by atoms with E-state index in [-0.39, 0.29) is 5.91 Å². The molecule has 1 N–H and O–H groups in total. The predicted octanol–water partition coefficient (Wildman–Crippen LogP) is 0.856. The highest BCUT2D eigenvalue weighted by Gasteiger charge is 2.32. The van der Waals surface area contributed by atoms with Gasteiger partial charge in [-0.15, -0.1) is 0 Å². The SMILES string of the molecule is O=C(c1cc(-c2ccncc2)on1)N1CCC(N2CCNCC2)C1. The van der Waals surface area contributed by atoms with Gasteiger partial charge in [0.25, 0.3) is 5.91 Å². The average molecular weight is 327 g/mol. The van der Waals surface area contributed by atoms with Crippen LogP contribution in [0.2, 0.25) is 0 Å². The number of amides is 1. The number of carbonyl (C=O) groups is 1. The molecule has 2 aromatic heterocycles. The highest BCUT2D eigenvalue weighted by Crippen LogP contribution is 2.22. The number of hydrogen-bond donors (Lipinski definition) is 1. The minimum atomic E-state index is -0.0447. The second-order valence-electron chi connectivity index (χ2n) is 6.29. The van der Waals surface area contributed by atoms with E-state index in [4.69, 9.17) is 4.52 Å². The van der Waals surface area contributed by atoms with Crippen LogP contribution >= 0.6 is 0 Å². The Kier molecular flexibility index (Phi) is 4.27. The van der Waals surface area contributed by atoms with Crippen LogP contribution in [0.15, 0.2) is 35.1 Å². The van der Waals surface area contributed by atoms with Crippen molar-refractivity contribution in [1.82, 2.24) is 25.3 Å². The quantitative estimate of drug-likeness (QED) is 0.901. The number of aromatic nitrogens is 2. The average Bonchev–Trinajstić information content (AvgIpc) is 3.33. The molecule has 24 heavy (non-hydrogen) atoms. The topological polar surface area (TPSA) is 74.5 Å². The predicted molar refractivity (Wildman–Crippen MR) is 88.5 cm³/mol. The number of hydrogen-bond acceptors (Lipinski definition) is 6. The first-order valence-electron chi connectivity index (χ1n) is 8.42. The lowest BCUT2D eigenvalue weighted by atomic mass is 10.2. The fourth-order valence-corrected chi connectivity index (χ4v) is 3.46. The second-order valence-corrected chi connectivity index (χ2v) is 6.29. The summed E-state index contributed by atoms with van der Waals surface area (Å²) >= 11 is 0. The van der Waals surface area contributed by atoms with E-state index >= 15 is 0 Å². The maximum atomic E-state index is 12.7.